The van der Waals surface area contributed by atoms with Crippen molar-refractivity contribution in [2.24, 2.45) is 0 Å². The summed E-state index contributed by atoms with van der Waals surface area (Å²) in [5.41, 5.74) is 2.22. The fraction of sp³-hybridized carbons (Fsp3) is 0.235. The van der Waals surface area contributed by atoms with Gasteiger partial charge in [-0.25, -0.2) is 0 Å². The Balaban J connectivity index is 2.30. The van der Waals surface area contributed by atoms with E-state index in [1.807, 2.05) is 56.3 Å². The van der Waals surface area contributed by atoms with E-state index in [1.165, 1.54) is 4.46 Å². The average molecular weight is 333 g/mol. The van der Waals surface area contributed by atoms with Crippen molar-refractivity contribution < 1.29 is 9.53 Å². The normalized spacial score (nSPS) is 11.9. The van der Waals surface area contributed by atoms with Gasteiger partial charge < -0.3 is 0 Å². The summed E-state index contributed by atoms with van der Waals surface area (Å²) in [6, 6.07) is 18.2. The van der Waals surface area contributed by atoms with Crippen LogP contribution in [0.1, 0.15) is 22.9 Å². The first kappa shape index (κ1) is 14.8. The number of benzene rings is 2. The van der Waals surface area contributed by atoms with Gasteiger partial charge in [0.15, 0.2) is 0 Å². The van der Waals surface area contributed by atoms with Crippen LogP contribution in [-0.2, 0) is 9.53 Å². The van der Waals surface area contributed by atoms with Crippen molar-refractivity contribution in [2.75, 3.05) is 6.61 Å². The van der Waals surface area contributed by atoms with Gasteiger partial charge in [0.2, 0.25) is 0 Å². The van der Waals surface area contributed by atoms with E-state index in [9.17, 15) is 4.79 Å². The molecule has 0 bridgehead atoms. The summed E-state index contributed by atoms with van der Waals surface area (Å²) in [4.78, 5) is 12.1. The van der Waals surface area contributed by atoms with Crippen molar-refractivity contribution in [1.82, 2.24) is 0 Å². The molecule has 20 heavy (non-hydrogen) atoms. The molecule has 0 saturated heterocycles. The van der Waals surface area contributed by atoms with Crippen LogP contribution in [-0.4, -0.2) is 27.5 Å². The molecule has 2 aromatic carbocycles. The number of carbonyl (C=O) groups excluding carboxylic acids is 1. The number of esters is 1. The van der Waals surface area contributed by atoms with Gasteiger partial charge in [0.25, 0.3) is 0 Å². The molecule has 0 radical (unpaired) electrons. The van der Waals surface area contributed by atoms with Gasteiger partial charge in [-0.15, -0.1) is 0 Å². The number of hydrogen-bond acceptors (Lipinski definition) is 2. The SMILES string of the molecule is CCOC(=O)C([Se]c1ccccc1)c1ccccc1C. The minimum absolute atomic E-state index is 0.0274. The molecule has 1 atom stereocenters. The van der Waals surface area contributed by atoms with Crippen LogP contribution >= 0.6 is 0 Å². The molecule has 0 amide bonds. The van der Waals surface area contributed by atoms with Crippen LogP contribution in [0.4, 0.5) is 0 Å². The van der Waals surface area contributed by atoms with Crippen LogP contribution in [0.15, 0.2) is 54.6 Å². The Labute approximate surface area is 126 Å². The maximum atomic E-state index is 12.3. The van der Waals surface area contributed by atoms with Gasteiger partial charge in [-0.05, 0) is 0 Å². The van der Waals surface area contributed by atoms with E-state index in [2.05, 4.69) is 12.1 Å². The molecule has 2 nitrogen and oxygen atoms in total. The summed E-state index contributed by atoms with van der Waals surface area (Å²) in [6.07, 6.45) is 0. The van der Waals surface area contributed by atoms with Crippen LogP contribution in [0.25, 0.3) is 0 Å². The van der Waals surface area contributed by atoms with E-state index in [4.69, 9.17) is 4.74 Å². The van der Waals surface area contributed by atoms with Crippen molar-refractivity contribution in [3.63, 3.8) is 0 Å². The Hall–Kier alpha value is -1.57. The van der Waals surface area contributed by atoms with Gasteiger partial charge in [0.1, 0.15) is 0 Å². The maximum absolute atomic E-state index is 12.3. The number of rotatable bonds is 5. The van der Waals surface area contributed by atoms with Crippen molar-refractivity contribution >= 4 is 25.4 Å². The Morgan fingerprint density at radius 2 is 1.75 bits per heavy atom. The summed E-state index contributed by atoms with van der Waals surface area (Å²) in [5.74, 6) is -0.120. The summed E-state index contributed by atoms with van der Waals surface area (Å²) >= 11 is 0.0274. The average Bonchev–Trinajstić information content (AvgIpc) is 2.47. The molecule has 0 fully saturated rings. The summed E-state index contributed by atoms with van der Waals surface area (Å²) in [6.45, 7) is 4.32. The van der Waals surface area contributed by atoms with Crippen molar-refractivity contribution in [1.29, 1.82) is 0 Å². The Morgan fingerprint density at radius 3 is 2.40 bits per heavy atom. The summed E-state index contributed by atoms with van der Waals surface area (Å²) < 4.78 is 6.47. The molecule has 0 aliphatic carbocycles. The predicted molar refractivity (Wildman–Crippen MR) is 82.4 cm³/mol. The van der Waals surface area contributed by atoms with E-state index in [0.717, 1.165) is 11.1 Å². The van der Waals surface area contributed by atoms with Gasteiger partial charge in [-0.3, -0.25) is 0 Å². The van der Waals surface area contributed by atoms with E-state index in [-0.39, 0.29) is 25.7 Å². The molecular formula is C17H18O2Se. The molecule has 2 rings (SSSR count). The van der Waals surface area contributed by atoms with E-state index < -0.39 is 0 Å². The molecule has 0 aromatic heterocycles. The molecule has 0 N–H and O–H groups in total. The molecule has 3 heteroatoms. The monoisotopic (exact) mass is 334 g/mol. The second-order valence-corrected chi connectivity index (χ2v) is 6.89. The number of hydrogen-bond donors (Lipinski definition) is 0. The van der Waals surface area contributed by atoms with Crippen molar-refractivity contribution in [3.05, 3.63) is 65.7 Å². The molecule has 2 aromatic rings. The fourth-order valence-electron chi connectivity index (χ4n) is 1.97. The fourth-order valence-corrected chi connectivity index (χ4v) is 4.37. The van der Waals surface area contributed by atoms with Crippen LogP contribution in [0.5, 0.6) is 0 Å². The van der Waals surface area contributed by atoms with Gasteiger partial charge in [-0.1, -0.05) is 0 Å². The zero-order valence-corrected chi connectivity index (χ0v) is 13.4. The zero-order valence-electron chi connectivity index (χ0n) is 11.7. The van der Waals surface area contributed by atoms with E-state index in [1.54, 1.807) is 0 Å². The predicted octanol–water partition coefficient (Wildman–Crippen LogP) is 2.63. The molecule has 0 heterocycles. The van der Waals surface area contributed by atoms with Gasteiger partial charge in [0, 0.05) is 0 Å². The first-order chi connectivity index (χ1) is 9.72. The third-order valence-electron chi connectivity index (χ3n) is 2.97. The first-order valence-electron chi connectivity index (χ1n) is 6.66. The van der Waals surface area contributed by atoms with Crippen LogP contribution in [0.3, 0.4) is 0 Å². The van der Waals surface area contributed by atoms with E-state index >= 15 is 0 Å². The minimum atomic E-state index is -0.175. The third kappa shape index (κ3) is 3.72. The second kappa shape index (κ2) is 7.28. The molecule has 0 aliphatic heterocycles. The van der Waals surface area contributed by atoms with Gasteiger partial charge >= 0.3 is 126 Å². The topological polar surface area (TPSA) is 26.3 Å². The molecule has 0 spiro atoms. The quantitative estimate of drug-likeness (QED) is 0.621. The number of aryl methyl sites for hydroxylation is 1. The molecule has 0 aliphatic rings. The Bertz CT molecular complexity index is 566. The third-order valence-corrected chi connectivity index (χ3v) is 5.54. The summed E-state index contributed by atoms with van der Waals surface area (Å²) in [5, 5.41) is 0. The van der Waals surface area contributed by atoms with E-state index in [0.29, 0.717) is 6.61 Å². The van der Waals surface area contributed by atoms with Gasteiger partial charge in [0.05, 0.1) is 0 Å². The molecule has 104 valence electrons. The van der Waals surface area contributed by atoms with Crippen LogP contribution in [0.2, 0.25) is 0 Å². The second-order valence-electron chi connectivity index (χ2n) is 4.42. The molecule has 1 unspecified atom stereocenters. The van der Waals surface area contributed by atoms with Crippen molar-refractivity contribution in [3.8, 4) is 0 Å². The first-order valence-corrected chi connectivity index (χ1v) is 8.50. The Morgan fingerprint density at radius 1 is 1.10 bits per heavy atom. The Kier molecular flexibility index (Phi) is 5.39. The number of carbonyl (C=O) groups is 1. The van der Waals surface area contributed by atoms with Gasteiger partial charge in [-0.2, -0.15) is 0 Å². The molecule has 0 saturated carbocycles. The standard InChI is InChI=1S/C17H18O2Se/c1-3-19-17(18)16(15-12-8-7-9-13(15)2)20-14-10-5-4-6-11-14/h4-12,16H,3H2,1-2H3. The molecular weight excluding hydrogens is 315 g/mol. The number of ether oxygens (including phenoxy) is 1. The van der Waals surface area contributed by atoms with Crippen LogP contribution < -0.4 is 4.46 Å². The van der Waals surface area contributed by atoms with Crippen LogP contribution in [0, 0.1) is 6.92 Å². The van der Waals surface area contributed by atoms with Crippen molar-refractivity contribution in [2.45, 2.75) is 18.7 Å². The summed E-state index contributed by atoms with van der Waals surface area (Å²) in [7, 11) is 0. The zero-order chi connectivity index (χ0) is 14.4.